The number of aromatic nitrogens is 1. The predicted molar refractivity (Wildman–Crippen MR) is 101 cm³/mol. The second kappa shape index (κ2) is 7.99. The minimum atomic E-state index is 0. The van der Waals surface area contributed by atoms with E-state index in [1.54, 1.807) is 7.11 Å². The number of para-hydroxylation sites is 1. The van der Waals surface area contributed by atoms with Crippen molar-refractivity contribution in [2.45, 2.75) is 0 Å². The molecule has 0 saturated carbocycles. The van der Waals surface area contributed by atoms with E-state index in [1.165, 1.54) is 0 Å². The van der Waals surface area contributed by atoms with Gasteiger partial charge >= 0.3 is 0 Å². The molecule has 0 atom stereocenters. The molecule has 1 heterocycles. The summed E-state index contributed by atoms with van der Waals surface area (Å²) in [7, 11) is 3.64. The van der Waals surface area contributed by atoms with Gasteiger partial charge in [0.2, 0.25) is 0 Å². The molecule has 0 aliphatic rings. The van der Waals surface area contributed by atoms with Gasteiger partial charge in [0.1, 0.15) is 5.75 Å². The lowest BCUT2D eigenvalue weighted by atomic mass is 10.1. The standard InChI is InChI=1S/C19H20N2O2.ClH/c1-21(11-12-22)19-13-18(14-7-9-15(23-2)10-8-14)20-17-6-4-3-5-16(17)19;/h3-10,13,22H,11-12H2,1-2H3;1H. The molecule has 5 heteroatoms. The number of methoxy groups -OCH3 is 1. The lowest BCUT2D eigenvalue weighted by Gasteiger charge is -2.21. The average Bonchev–Trinajstić information content (AvgIpc) is 2.61. The Balaban J connectivity index is 0.00000208. The summed E-state index contributed by atoms with van der Waals surface area (Å²) < 4.78 is 5.21. The molecule has 2 aromatic carbocycles. The number of rotatable bonds is 5. The van der Waals surface area contributed by atoms with Crippen LogP contribution >= 0.6 is 12.4 Å². The molecule has 126 valence electrons. The summed E-state index contributed by atoms with van der Waals surface area (Å²) in [4.78, 5) is 6.83. The molecule has 0 aliphatic heterocycles. The van der Waals surface area contributed by atoms with Crippen molar-refractivity contribution in [1.29, 1.82) is 0 Å². The summed E-state index contributed by atoms with van der Waals surface area (Å²) in [6, 6.07) is 18.0. The largest absolute Gasteiger partial charge is 0.497 e. The van der Waals surface area contributed by atoms with Gasteiger partial charge in [-0.15, -0.1) is 12.4 Å². The van der Waals surface area contributed by atoms with Crippen molar-refractivity contribution < 1.29 is 9.84 Å². The van der Waals surface area contributed by atoms with Crippen molar-refractivity contribution in [2.75, 3.05) is 32.2 Å². The third-order valence-electron chi connectivity index (χ3n) is 3.93. The highest BCUT2D eigenvalue weighted by atomic mass is 35.5. The van der Waals surface area contributed by atoms with E-state index in [0.717, 1.165) is 33.6 Å². The predicted octanol–water partition coefficient (Wildman–Crippen LogP) is 3.76. The number of fused-ring (bicyclic) bond motifs is 1. The van der Waals surface area contributed by atoms with Crippen molar-refractivity contribution >= 4 is 29.0 Å². The zero-order chi connectivity index (χ0) is 16.2. The van der Waals surface area contributed by atoms with Gasteiger partial charge in [0.15, 0.2) is 0 Å². The van der Waals surface area contributed by atoms with Crippen molar-refractivity contribution in [2.24, 2.45) is 0 Å². The van der Waals surface area contributed by atoms with E-state index in [4.69, 9.17) is 9.72 Å². The second-order valence-electron chi connectivity index (χ2n) is 5.42. The number of ether oxygens (including phenoxy) is 1. The molecular weight excluding hydrogens is 324 g/mol. The summed E-state index contributed by atoms with van der Waals surface area (Å²) in [6.45, 7) is 0.696. The minimum absolute atomic E-state index is 0. The number of benzene rings is 2. The maximum Gasteiger partial charge on any atom is 0.118 e. The van der Waals surface area contributed by atoms with Gasteiger partial charge in [-0.3, -0.25) is 0 Å². The number of aliphatic hydroxyl groups is 1. The maximum atomic E-state index is 9.24. The van der Waals surface area contributed by atoms with Crippen LogP contribution in [0.15, 0.2) is 54.6 Å². The second-order valence-corrected chi connectivity index (χ2v) is 5.42. The first-order valence-corrected chi connectivity index (χ1v) is 7.59. The minimum Gasteiger partial charge on any atom is -0.497 e. The van der Waals surface area contributed by atoms with Crippen LogP contribution in [0.4, 0.5) is 5.69 Å². The van der Waals surface area contributed by atoms with Gasteiger partial charge in [-0.05, 0) is 36.4 Å². The lowest BCUT2D eigenvalue weighted by molar-refractivity contribution is 0.304. The van der Waals surface area contributed by atoms with Crippen LogP contribution in [0.5, 0.6) is 5.75 Å². The van der Waals surface area contributed by atoms with Crippen LogP contribution in [0.2, 0.25) is 0 Å². The van der Waals surface area contributed by atoms with Crippen LogP contribution in [-0.4, -0.2) is 37.4 Å². The lowest BCUT2D eigenvalue weighted by Crippen LogP contribution is -2.21. The summed E-state index contributed by atoms with van der Waals surface area (Å²) in [5.41, 5.74) is 3.96. The number of nitrogens with zero attached hydrogens (tertiary/aromatic N) is 2. The summed E-state index contributed by atoms with van der Waals surface area (Å²) in [5, 5.41) is 10.3. The maximum absolute atomic E-state index is 9.24. The van der Waals surface area contributed by atoms with Gasteiger partial charge < -0.3 is 14.7 Å². The van der Waals surface area contributed by atoms with Crippen LogP contribution < -0.4 is 9.64 Å². The van der Waals surface area contributed by atoms with Crippen LogP contribution in [0, 0.1) is 0 Å². The molecule has 0 saturated heterocycles. The molecule has 3 rings (SSSR count). The number of hydrogen-bond acceptors (Lipinski definition) is 4. The van der Waals surface area contributed by atoms with Crippen LogP contribution in [0.3, 0.4) is 0 Å². The Morgan fingerprint density at radius 2 is 1.79 bits per heavy atom. The van der Waals surface area contributed by atoms with E-state index in [-0.39, 0.29) is 19.0 Å². The van der Waals surface area contributed by atoms with Gasteiger partial charge in [0.25, 0.3) is 0 Å². The Bertz CT molecular complexity index is 806. The summed E-state index contributed by atoms with van der Waals surface area (Å²) in [5.74, 6) is 0.826. The Kier molecular flexibility index (Phi) is 6.01. The highest BCUT2D eigenvalue weighted by Gasteiger charge is 2.10. The highest BCUT2D eigenvalue weighted by Crippen LogP contribution is 2.30. The molecule has 0 bridgehead atoms. The normalized spacial score (nSPS) is 10.3. The van der Waals surface area contributed by atoms with E-state index >= 15 is 0 Å². The molecule has 24 heavy (non-hydrogen) atoms. The number of likely N-dealkylation sites (N-methyl/N-ethyl adjacent to an activating group) is 1. The highest BCUT2D eigenvalue weighted by molar-refractivity contribution is 5.94. The zero-order valence-electron chi connectivity index (χ0n) is 13.8. The van der Waals surface area contributed by atoms with Crippen molar-refractivity contribution in [3.8, 4) is 17.0 Å². The summed E-state index contributed by atoms with van der Waals surface area (Å²) >= 11 is 0. The Morgan fingerprint density at radius 1 is 1.08 bits per heavy atom. The molecule has 0 aliphatic carbocycles. The quantitative estimate of drug-likeness (QED) is 0.765. The first-order chi connectivity index (χ1) is 11.2. The average molecular weight is 345 g/mol. The zero-order valence-corrected chi connectivity index (χ0v) is 14.6. The fourth-order valence-electron chi connectivity index (χ4n) is 2.65. The third kappa shape index (κ3) is 3.61. The molecular formula is C19H21ClN2O2. The first kappa shape index (κ1) is 18.0. The number of hydrogen-bond donors (Lipinski definition) is 1. The molecule has 1 N–H and O–H groups in total. The van der Waals surface area contributed by atoms with Crippen molar-refractivity contribution in [3.63, 3.8) is 0 Å². The molecule has 0 fully saturated rings. The Labute approximate surface area is 148 Å². The number of halogens is 1. The van der Waals surface area contributed by atoms with Crippen LogP contribution in [0.25, 0.3) is 22.2 Å². The van der Waals surface area contributed by atoms with Crippen LogP contribution in [-0.2, 0) is 0 Å². The molecule has 3 aromatic rings. The van der Waals surface area contributed by atoms with Crippen molar-refractivity contribution in [3.05, 3.63) is 54.6 Å². The molecule has 4 nitrogen and oxygen atoms in total. The Morgan fingerprint density at radius 3 is 2.46 bits per heavy atom. The number of pyridine rings is 1. The number of aliphatic hydroxyl groups excluding tert-OH is 1. The van der Waals surface area contributed by atoms with E-state index < -0.39 is 0 Å². The Hall–Kier alpha value is -2.30. The van der Waals surface area contributed by atoms with Gasteiger partial charge in [0, 0.05) is 30.2 Å². The molecule has 0 spiro atoms. The topological polar surface area (TPSA) is 45.6 Å². The smallest absolute Gasteiger partial charge is 0.118 e. The SMILES string of the molecule is COc1ccc(-c2cc(N(C)CCO)c3ccccc3n2)cc1.Cl. The van der Waals surface area contributed by atoms with E-state index in [9.17, 15) is 5.11 Å². The first-order valence-electron chi connectivity index (χ1n) is 7.59. The summed E-state index contributed by atoms with van der Waals surface area (Å²) in [6.07, 6.45) is 0. The number of anilines is 1. The van der Waals surface area contributed by atoms with E-state index in [1.807, 2.05) is 49.5 Å². The molecule has 0 amide bonds. The molecule has 0 unspecified atom stereocenters. The van der Waals surface area contributed by atoms with Gasteiger partial charge in [-0.2, -0.15) is 0 Å². The third-order valence-corrected chi connectivity index (χ3v) is 3.93. The van der Waals surface area contributed by atoms with E-state index in [2.05, 4.69) is 17.0 Å². The fourth-order valence-corrected chi connectivity index (χ4v) is 2.65. The van der Waals surface area contributed by atoms with E-state index in [0.29, 0.717) is 6.54 Å². The molecule has 1 aromatic heterocycles. The van der Waals surface area contributed by atoms with Crippen molar-refractivity contribution in [1.82, 2.24) is 4.98 Å². The van der Waals surface area contributed by atoms with Crippen LogP contribution in [0.1, 0.15) is 0 Å². The van der Waals surface area contributed by atoms with Gasteiger partial charge in [0.05, 0.1) is 24.9 Å². The van der Waals surface area contributed by atoms with Gasteiger partial charge in [-0.1, -0.05) is 18.2 Å². The van der Waals surface area contributed by atoms with Gasteiger partial charge in [-0.25, -0.2) is 4.98 Å². The molecule has 0 radical (unpaired) electrons. The fraction of sp³-hybridized carbons (Fsp3) is 0.211. The monoisotopic (exact) mass is 344 g/mol.